The first-order valence-corrected chi connectivity index (χ1v) is 9.70. The van der Waals surface area contributed by atoms with Gasteiger partial charge >= 0.3 is 0 Å². The summed E-state index contributed by atoms with van der Waals surface area (Å²) in [5.74, 6) is 0.193. The van der Waals surface area contributed by atoms with Gasteiger partial charge < -0.3 is 14.8 Å². The highest BCUT2D eigenvalue weighted by atomic mass is 35.5. The molecule has 136 valence electrons. The molecule has 0 aliphatic carbocycles. The maximum atomic E-state index is 12.5. The molecular formula is C19H21ClN4OS. The number of amides is 1. The van der Waals surface area contributed by atoms with Gasteiger partial charge in [0.25, 0.3) is 0 Å². The van der Waals surface area contributed by atoms with Crippen LogP contribution in [0.4, 0.5) is 11.4 Å². The standard InChI is InChI=1S/C19H21ClN4OS/c1-4-24-17-8-6-5-7-14(17)22-19(24)26-12-18(25)21-15-11-13(20)9-10-16(15)23(2)3/h5-11H,4,12H2,1-3H3,(H,21,25). The van der Waals surface area contributed by atoms with Gasteiger partial charge in [-0.25, -0.2) is 4.98 Å². The minimum absolute atomic E-state index is 0.0879. The molecule has 2 aromatic carbocycles. The van der Waals surface area contributed by atoms with Crippen LogP contribution in [0, 0.1) is 0 Å². The van der Waals surface area contributed by atoms with Crippen molar-refractivity contribution in [3.8, 4) is 0 Å². The molecule has 0 unspecified atom stereocenters. The van der Waals surface area contributed by atoms with E-state index in [2.05, 4.69) is 21.8 Å². The molecular weight excluding hydrogens is 368 g/mol. The number of anilines is 2. The summed E-state index contributed by atoms with van der Waals surface area (Å²) in [4.78, 5) is 19.0. The molecule has 0 saturated heterocycles. The first kappa shape index (κ1) is 18.6. The van der Waals surface area contributed by atoms with Crippen LogP contribution in [-0.2, 0) is 11.3 Å². The highest BCUT2D eigenvalue weighted by Crippen LogP contribution is 2.29. The number of rotatable bonds is 6. The summed E-state index contributed by atoms with van der Waals surface area (Å²) in [6, 6.07) is 13.5. The van der Waals surface area contributed by atoms with Crippen molar-refractivity contribution in [3.05, 3.63) is 47.5 Å². The lowest BCUT2D eigenvalue weighted by Crippen LogP contribution is -2.18. The number of halogens is 1. The third kappa shape index (κ3) is 3.97. The largest absolute Gasteiger partial charge is 0.376 e. The number of nitrogens with zero attached hydrogens (tertiary/aromatic N) is 3. The van der Waals surface area contributed by atoms with Crippen molar-refractivity contribution in [1.82, 2.24) is 9.55 Å². The van der Waals surface area contributed by atoms with E-state index in [0.29, 0.717) is 10.7 Å². The summed E-state index contributed by atoms with van der Waals surface area (Å²) in [5.41, 5.74) is 3.65. The molecule has 0 aliphatic heterocycles. The van der Waals surface area contributed by atoms with Gasteiger partial charge in [0.15, 0.2) is 5.16 Å². The van der Waals surface area contributed by atoms with E-state index in [1.54, 1.807) is 6.07 Å². The molecule has 5 nitrogen and oxygen atoms in total. The number of para-hydroxylation sites is 2. The Balaban J connectivity index is 1.73. The average molecular weight is 389 g/mol. The molecule has 0 atom stereocenters. The van der Waals surface area contributed by atoms with Crippen molar-refractivity contribution in [2.75, 3.05) is 30.1 Å². The number of hydrogen-bond donors (Lipinski definition) is 1. The fraction of sp³-hybridized carbons (Fsp3) is 0.263. The zero-order valence-corrected chi connectivity index (χ0v) is 16.6. The van der Waals surface area contributed by atoms with Crippen LogP contribution in [0.5, 0.6) is 0 Å². The molecule has 3 rings (SSSR count). The Bertz CT molecular complexity index is 938. The predicted molar refractivity (Wildman–Crippen MR) is 111 cm³/mol. The quantitative estimate of drug-likeness (QED) is 0.631. The van der Waals surface area contributed by atoms with Crippen LogP contribution in [0.15, 0.2) is 47.6 Å². The molecule has 1 amide bonds. The number of carbonyl (C=O) groups excluding carboxylic acids is 1. The highest BCUT2D eigenvalue weighted by molar-refractivity contribution is 7.99. The second kappa shape index (κ2) is 8.01. The Morgan fingerprint density at radius 2 is 2.04 bits per heavy atom. The van der Waals surface area contributed by atoms with Gasteiger partial charge in [0.1, 0.15) is 0 Å². The van der Waals surface area contributed by atoms with Crippen molar-refractivity contribution in [2.24, 2.45) is 0 Å². The fourth-order valence-electron chi connectivity index (χ4n) is 2.78. The second-order valence-electron chi connectivity index (χ2n) is 6.02. The van der Waals surface area contributed by atoms with E-state index < -0.39 is 0 Å². The van der Waals surface area contributed by atoms with E-state index in [-0.39, 0.29) is 11.7 Å². The second-order valence-corrected chi connectivity index (χ2v) is 7.40. The molecule has 3 aromatic rings. The number of hydrogen-bond acceptors (Lipinski definition) is 4. The summed E-state index contributed by atoms with van der Waals surface area (Å²) in [5, 5.41) is 4.39. The van der Waals surface area contributed by atoms with Crippen LogP contribution < -0.4 is 10.2 Å². The molecule has 26 heavy (non-hydrogen) atoms. The number of aromatic nitrogens is 2. The minimum Gasteiger partial charge on any atom is -0.376 e. The average Bonchev–Trinajstić information content (AvgIpc) is 2.97. The topological polar surface area (TPSA) is 50.2 Å². The van der Waals surface area contributed by atoms with Crippen LogP contribution in [0.2, 0.25) is 5.02 Å². The van der Waals surface area contributed by atoms with Crippen LogP contribution in [0.1, 0.15) is 6.92 Å². The molecule has 0 aliphatic rings. The lowest BCUT2D eigenvalue weighted by atomic mass is 10.2. The smallest absolute Gasteiger partial charge is 0.234 e. The molecule has 1 N–H and O–H groups in total. The maximum absolute atomic E-state index is 12.5. The number of carbonyl (C=O) groups is 1. The Labute approximate surface area is 162 Å². The third-order valence-corrected chi connectivity index (χ3v) is 5.19. The van der Waals surface area contributed by atoms with Crippen molar-refractivity contribution >= 4 is 51.7 Å². The van der Waals surface area contributed by atoms with Crippen LogP contribution >= 0.6 is 23.4 Å². The monoisotopic (exact) mass is 388 g/mol. The van der Waals surface area contributed by atoms with Crippen LogP contribution in [0.3, 0.4) is 0 Å². The van der Waals surface area contributed by atoms with E-state index in [1.165, 1.54) is 11.8 Å². The van der Waals surface area contributed by atoms with Gasteiger partial charge in [0.2, 0.25) is 5.91 Å². The molecule has 1 heterocycles. The van der Waals surface area contributed by atoms with Gasteiger partial charge in [-0.05, 0) is 37.3 Å². The van der Waals surface area contributed by atoms with E-state index in [9.17, 15) is 4.79 Å². The normalized spacial score (nSPS) is 10.9. The summed E-state index contributed by atoms with van der Waals surface area (Å²) >= 11 is 7.51. The predicted octanol–water partition coefficient (Wildman–Crippen LogP) is 4.51. The van der Waals surface area contributed by atoms with E-state index >= 15 is 0 Å². The highest BCUT2D eigenvalue weighted by Gasteiger charge is 2.13. The Hall–Kier alpha value is -2.18. The molecule has 0 fully saturated rings. The van der Waals surface area contributed by atoms with E-state index in [4.69, 9.17) is 11.6 Å². The number of benzene rings is 2. The Kier molecular flexibility index (Phi) is 5.74. The zero-order chi connectivity index (χ0) is 18.7. The van der Waals surface area contributed by atoms with Crippen LogP contribution in [0.25, 0.3) is 11.0 Å². The van der Waals surface area contributed by atoms with Crippen molar-refractivity contribution in [2.45, 2.75) is 18.6 Å². The fourth-order valence-corrected chi connectivity index (χ4v) is 3.83. The molecule has 0 spiro atoms. The summed E-state index contributed by atoms with van der Waals surface area (Å²) in [7, 11) is 3.86. The molecule has 0 bridgehead atoms. The van der Waals surface area contributed by atoms with Crippen molar-refractivity contribution < 1.29 is 4.79 Å². The van der Waals surface area contributed by atoms with Crippen LogP contribution in [-0.4, -0.2) is 35.3 Å². The summed E-state index contributed by atoms with van der Waals surface area (Å²) in [6.07, 6.45) is 0. The van der Waals surface area contributed by atoms with Gasteiger partial charge in [-0.1, -0.05) is 35.5 Å². The molecule has 0 saturated carbocycles. The minimum atomic E-state index is -0.0879. The summed E-state index contributed by atoms with van der Waals surface area (Å²) < 4.78 is 2.12. The van der Waals surface area contributed by atoms with E-state index in [1.807, 2.05) is 55.4 Å². The number of nitrogens with one attached hydrogen (secondary N) is 1. The number of thioether (sulfide) groups is 1. The first-order chi connectivity index (χ1) is 12.5. The van der Waals surface area contributed by atoms with Crippen molar-refractivity contribution in [1.29, 1.82) is 0 Å². The maximum Gasteiger partial charge on any atom is 0.234 e. The Morgan fingerprint density at radius 1 is 1.27 bits per heavy atom. The van der Waals surface area contributed by atoms with Gasteiger partial charge in [0.05, 0.1) is 28.2 Å². The zero-order valence-electron chi connectivity index (χ0n) is 15.0. The SMILES string of the molecule is CCn1c(SCC(=O)Nc2cc(Cl)ccc2N(C)C)nc2ccccc21. The first-order valence-electron chi connectivity index (χ1n) is 8.34. The molecule has 0 radical (unpaired) electrons. The molecule has 1 aromatic heterocycles. The summed E-state index contributed by atoms with van der Waals surface area (Å²) in [6.45, 7) is 2.89. The number of aryl methyl sites for hydroxylation is 1. The van der Waals surface area contributed by atoms with Gasteiger partial charge in [-0.3, -0.25) is 4.79 Å². The Morgan fingerprint density at radius 3 is 2.77 bits per heavy atom. The lowest BCUT2D eigenvalue weighted by Gasteiger charge is -2.18. The lowest BCUT2D eigenvalue weighted by molar-refractivity contribution is -0.113. The van der Waals surface area contributed by atoms with Gasteiger partial charge in [-0.15, -0.1) is 0 Å². The van der Waals surface area contributed by atoms with Gasteiger partial charge in [-0.2, -0.15) is 0 Å². The number of fused-ring (bicyclic) bond motifs is 1. The number of imidazole rings is 1. The third-order valence-electron chi connectivity index (χ3n) is 3.98. The van der Waals surface area contributed by atoms with Gasteiger partial charge in [0, 0.05) is 25.7 Å². The molecule has 7 heteroatoms. The van der Waals surface area contributed by atoms with E-state index in [0.717, 1.165) is 28.4 Å². The van der Waals surface area contributed by atoms with Crippen molar-refractivity contribution in [3.63, 3.8) is 0 Å².